The van der Waals surface area contributed by atoms with Gasteiger partial charge in [0.05, 0.1) is 16.4 Å². The van der Waals surface area contributed by atoms with E-state index in [1.165, 1.54) is 0 Å². The highest BCUT2D eigenvalue weighted by Crippen LogP contribution is 2.28. The topological polar surface area (TPSA) is 46.9 Å². The molecule has 0 aliphatic rings. The minimum atomic E-state index is -0.194. The third-order valence-corrected chi connectivity index (χ3v) is 5.00. The Balaban J connectivity index is 1.71. The van der Waals surface area contributed by atoms with Gasteiger partial charge in [0.15, 0.2) is 0 Å². The normalized spacial score (nSPS) is 10.7. The van der Waals surface area contributed by atoms with Crippen molar-refractivity contribution < 1.29 is 4.79 Å². The number of hydrogen-bond acceptors (Lipinski definition) is 2. The Labute approximate surface area is 174 Å². The molecule has 0 atom stereocenters. The lowest BCUT2D eigenvalue weighted by Crippen LogP contribution is -2.25. The molecule has 5 heteroatoms. The van der Waals surface area contributed by atoms with Crippen LogP contribution in [0.3, 0.4) is 0 Å². The Morgan fingerprint density at radius 1 is 0.966 bits per heavy atom. The molecule has 1 aromatic heterocycles. The van der Waals surface area contributed by atoms with Crippen molar-refractivity contribution in [2.24, 2.45) is 0 Å². The van der Waals surface area contributed by atoms with Crippen molar-refractivity contribution in [1.82, 2.24) is 15.1 Å². The van der Waals surface area contributed by atoms with Crippen molar-refractivity contribution in [1.29, 1.82) is 0 Å². The van der Waals surface area contributed by atoms with E-state index in [9.17, 15) is 4.79 Å². The molecule has 29 heavy (non-hydrogen) atoms. The van der Waals surface area contributed by atoms with Crippen molar-refractivity contribution in [3.05, 3.63) is 107 Å². The summed E-state index contributed by atoms with van der Waals surface area (Å²) in [6, 6.07) is 27.0. The van der Waals surface area contributed by atoms with E-state index in [0.717, 1.165) is 22.4 Å². The summed E-state index contributed by atoms with van der Waals surface area (Å²) in [4.78, 5) is 13.0. The third-order valence-electron chi connectivity index (χ3n) is 4.67. The van der Waals surface area contributed by atoms with Crippen LogP contribution in [-0.4, -0.2) is 15.7 Å². The average molecular weight is 402 g/mol. The van der Waals surface area contributed by atoms with Crippen molar-refractivity contribution in [3.63, 3.8) is 0 Å². The molecule has 1 amide bonds. The van der Waals surface area contributed by atoms with Crippen LogP contribution in [0.2, 0.25) is 5.02 Å². The average Bonchev–Trinajstić information content (AvgIpc) is 3.19. The Kier molecular flexibility index (Phi) is 5.45. The minimum absolute atomic E-state index is 0.194. The van der Waals surface area contributed by atoms with E-state index in [-0.39, 0.29) is 5.91 Å². The molecule has 0 saturated carbocycles. The molecule has 0 radical (unpaired) electrons. The SMILES string of the molecule is Cc1ccc(-n2nc(-c3ccccc3Cl)cc2C(=O)NCc2ccccc2)cc1. The van der Waals surface area contributed by atoms with Crippen LogP contribution in [0.1, 0.15) is 21.6 Å². The second kappa shape index (κ2) is 8.33. The van der Waals surface area contributed by atoms with E-state index in [4.69, 9.17) is 11.6 Å². The van der Waals surface area contributed by atoms with Gasteiger partial charge in [0, 0.05) is 12.1 Å². The maximum atomic E-state index is 13.0. The van der Waals surface area contributed by atoms with Gasteiger partial charge in [-0.25, -0.2) is 4.68 Å². The highest BCUT2D eigenvalue weighted by Gasteiger charge is 2.18. The maximum Gasteiger partial charge on any atom is 0.270 e. The van der Waals surface area contributed by atoms with Crippen molar-refractivity contribution in [2.45, 2.75) is 13.5 Å². The van der Waals surface area contributed by atoms with Crippen LogP contribution < -0.4 is 5.32 Å². The van der Waals surface area contributed by atoms with Crippen LogP contribution in [0.4, 0.5) is 0 Å². The zero-order valence-corrected chi connectivity index (χ0v) is 16.7. The quantitative estimate of drug-likeness (QED) is 0.484. The highest BCUT2D eigenvalue weighted by atomic mass is 35.5. The molecule has 0 fully saturated rings. The molecule has 3 aromatic carbocycles. The van der Waals surface area contributed by atoms with Crippen LogP contribution in [0.5, 0.6) is 0 Å². The number of nitrogens with one attached hydrogen (secondary N) is 1. The molecule has 1 N–H and O–H groups in total. The van der Waals surface area contributed by atoms with Crippen LogP contribution in [0.25, 0.3) is 16.9 Å². The molecule has 144 valence electrons. The summed E-state index contributed by atoms with van der Waals surface area (Å²) in [5.74, 6) is -0.194. The lowest BCUT2D eigenvalue weighted by molar-refractivity contribution is 0.0943. The predicted molar refractivity (Wildman–Crippen MR) is 116 cm³/mol. The van der Waals surface area contributed by atoms with Gasteiger partial charge in [0.2, 0.25) is 0 Å². The van der Waals surface area contributed by atoms with Gasteiger partial charge in [0.25, 0.3) is 5.91 Å². The molecule has 4 rings (SSSR count). The fourth-order valence-corrected chi connectivity index (χ4v) is 3.33. The molecule has 0 saturated heterocycles. The molecular weight excluding hydrogens is 382 g/mol. The zero-order chi connectivity index (χ0) is 20.2. The number of hydrogen-bond donors (Lipinski definition) is 1. The fraction of sp³-hybridized carbons (Fsp3) is 0.0833. The van der Waals surface area contributed by atoms with Gasteiger partial charge in [-0.15, -0.1) is 0 Å². The van der Waals surface area contributed by atoms with Crippen LogP contribution in [-0.2, 0) is 6.54 Å². The second-order valence-corrected chi connectivity index (χ2v) is 7.22. The van der Waals surface area contributed by atoms with Gasteiger partial charge in [-0.05, 0) is 36.8 Å². The van der Waals surface area contributed by atoms with Gasteiger partial charge in [-0.3, -0.25) is 4.79 Å². The molecule has 0 aliphatic heterocycles. The summed E-state index contributed by atoms with van der Waals surface area (Å²) in [6.07, 6.45) is 0. The first kappa shape index (κ1) is 19.0. The number of carbonyl (C=O) groups is 1. The third kappa shape index (κ3) is 4.23. The molecule has 1 heterocycles. The summed E-state index contributed by atoms with van der Waals surface area (Å²) in [7, 11) is 0. The number of amides is 1. The summed E-state index contributed by atoms with van der Waals surface area (Å²) in [5.41, 5.74) is 4.90. The van der Waals surface area contributed by atoms with E-state index < -0.39 is 0 Å². The summed E-state index contributed by atoms with van der Waals surface area (Å²) < 4.78 is 1.67. The van der Waals surface area contributed by atoms with Crippen molar-refractivity contribution >= 4 is 17.5 Å². The molecule has 4 nitrogen and oxygen atoms in total. The van der Waals surface area contributed by atoms with Crippen LogP contribution >= 0.6 is 11.6 Å². The lowest BCUT2D eigenvalue weighted by atomic mass is 10.1. The first-order valence-electron chi connectivity index (χ1n) is 9.36. The highest BCUT2D eigenvalue weighted by molar-refractivity contribution is 6.33. The Hall–Kier alpha value is -3.37. The van der Waals surface area contributed by atoms with E-state index >= 15 is 0 Å². The summed E-state index contributed by atoms with van der Waals surface area (Å²) >= 11 is 6.36. The number of nitrogens with zero attached hydrogens (tertiary/aromatic N) is 2. The number of carbonyl (C=O) groups excluding carboxylic acids is 1. The standard InChI is InChI=1S/C24H20ClN3O/c1-17-11-13-19(14-12-17)28-23(24(29)26-16-18-7-3-2-4-8-18)15-22(27-28)20-9-5-6-10-21(20)25/h2-15H,16H2,1H3,(H,26,29). The van der Waals surface area contributed by atoms with E-state index in [2.05, 4.69) is 10.4 Å². The van der Waals surface area contributed by atoms with Gasteiger partial charge >= 0.3 is 0 Å². The number of aromatic nitrogens is 2. The van der Waals surface area contributed by atoms with Gasteiger partial charge in [-0.2, -0.15) is 5.10 Å². The monoisotopic (exact) mass is 401 g/mol. The molecule has 0 aliphatic carbocycles. The summed E-state index contributed by atoms with van der Waals surface area (Å²) in [6.45, 7) is 2.47. The van der Waals surface area contributed by atoms with Gasteiger partial charge in [-0.1, -0.05) is 77.8 Å². The molecule has 4 aromatic rings. The van der Waals surface area contributed by atoms with Crippen molar-refractivity contribution in [3.8, 4) is 16.9 Å². The molecule has 0 spiro atoms. The molecule has 0 unspecified atom stereocenters. The number of aryl methyl sites for hydroxylation is 1. The van der Waals surface area contributed by atoms with Crippen LogP contribution in [0, 0.1) is 6.92 Å². The second-order valence-electron chi connectivity index (χ2n) is 6.81. The predicted octanol–water partition coefficient (Wildman–Crippen LogP) is 5.43. The van der Waals surface area contributed by atoms with Gasteiger partial charge < -0.3 is 5.32 Å². The van der Waals surface area contributed by atoms with Crippen LogP contribution in [0.15, 0.2) is 84.9 Å². The van der Waals surface area contributed by atoms with Crippen molar-refractivity contribution in [2.75, 3.05) is 0 Å². The minimum Gasteiger partial charge on any atom is -0.347 e. The first-order valence-corrected chi connectivity index (χ1v) is 9.74. The van der Waals surface area contributed by atoms with Gasteiger partial charge in [0.1, 0.15) is 5.69 Å². The summed E-state index contributed by atoms with van der Waals surface area (Å²) in [5, 5.41) is 8.27. The number of rotatable bonds is 5. The van der Waals surface area contributed by atoms with E-state index in [1.54, 1.807) is 10.7 Å². The first-order chi connectivity index (χ1) is 14.1. The zero-order valence-electron chi connectivity index (χ0n) is 16.0. The smallest absolute Gasteiger partial charge is 0.270 e. The largest absolute Gasteiger partial charge is 0.347 e. The fourth-order valence-electron chi connectivity index (χ4n) is 3.09. The van der Waals surface area contributed by atoms with E-state index in [1.807, 2.05) is 85.8 Å². The van der Waals surface area contributed by atoms with E-state index in [0.29, 0.717) is 23.0 Å². The Morgan fingerprint density at radius 3 is 2.38 bits per heavy atom. The number of halogens is 1. The maximum absolute atomic E-state index is 13.0. The Morgan fingerprint density at radius 2 is 1.66 bits per heavy atom. The Bertz CT molecular complexity index is 1130. The number of benzene rings is 3. The lowest BCUT2D eigenvalue weighted by Gasteiger charge is -2.09. The molecular formula is C24H20ClN3O. The molecule has 0 bridgehead atoms.